The van der Waals surface area contributed by atoms with Crippen LogP contribution in [0.15, 0.2) is 27.8 Å². The van der Waals surface area contributed by atoms with Crippen molar-refractivity contribution in [3.8, 4) is 5.75 Å². The molecule has 0 radical (unpaired) electrons. The third-order valence-corrected chi connectivity index (χ3v) is 6.43. The topological polar surface area (TPSA) is 99.6 Å². The monoisotopic (exact) mass is 376 g/mol. The molecular weight excluding hydrogens is 352 g/mol. The number of sulfonamides is 1. The lowest BCUT2D eigenvalue weighted by Gasteiger charge is -2.35. The van der Waals surface area contributed by atoms with E-state index in [0.29, 0.717) is 11.1 Å². The molecule has 0 saturated carbocycles. The van der Waals surface area contributed by atoms with Crippen LogP contribution in [0.2, 0.25) is 0 Å². The van der Waals surface area contributed by atoms with Crippen molar-refractivity contribution in [1.29, 1.82) is 0 Å². The Bertz CT molecular complexity index is 990. The van der Waals surface area contributed by atoms with Crippen LogP contribution in [-0.4, -0.2) is 29.8 Å². The number of fused-ring (bicyclic) bond motifs is 1. The molecule has 140 valence electrons. The number of benzene rings is 1. The summed E-state index contributed by atoms with van der Waals surface area (Å²) in [5.74, 6) is 0.598. The van der Waals surface area contributed by atoms with Gasteiger partial charge in [-0.15, -0.1) is 4.40 Å². The van der Waals surface area contributed by atoms with Crippen LogP contribution in [-0.2, 0) is 16.4 Å². The third kappa shape index (κ3) is 3.09. The van der Waals surface area contributed by atoms with Crippen LogP contribution >= 0.6 is 0 Å². The fourth-order valence-corrected chi connectivity index (χ4v) is 4.82. The van der Waals surface area contributed by atoms with Crippen molar-refractivity contribution in [3.05, 3.63) is 40.7 Å². The van der Waals surface area contributed by atoms with Gasteiger partial charge in [0.1, 0.15) is 11.4 Å². The Morgan fingerprint density at radius 2 is 1.96 bits per heavy atom. The van der Waals surface area contributed by atoms with Crippen LogP contribution in [0.25, 0.3) is 0 Å². The summed E-state index contributed by atoms with van der Waals surface area (Å²) in [6, 6.07) is 1.65. The van der Waals surface area contributed by atoms with E-state index in [-0.39, 0.29) is 16.5 Å². The second-order valence-corrected chi connectivity index (χ2v) is 8.79. The molecule has 2 aromatic rings. The normalized spacial score (nSPS) is 16.9. The van der Waals surface area contributed by atoms with Gasteiger partial charge in [-0.3, -0.25) is 0 Å². The Kier molecular flexibility index (Phi) is 4.34. The third-order valence-electron chi connectivity index (χ3n) is 4.88. The van der Waals surface area contributed by atoms with E-state index < -0.39 is 10.0 Å². The van der Waals surface area contributed by atoms with E-state index in [0.717, 1.165) is 29.7 Å². The minimum Gasteiger partial charge on any atom is -0.487 e. The average molecular weight is 376 g/mol. The van der Waals surface area contributed by atoms with Gasteiger partial charge in [-0.25, -0.2) is 4.68 Å². The van der Waals surface area contributed by atoms with Crippen molar-refractivity contribution in [2.45, 2.75) is 58.0 Å². The summed E-state index contributed by atoms with van der Waals surface area (Å²) in [5.41, 5.74) is 8.62. The van der Waals surface area contributed by atoms with Crippen LogP contribution in [0.1, 0.15) is 42.5 Å². The largest absolute Gasteiger partial charge is 0.487 e. The van der Waals surface area contributed by atoms with Crippen LogP contribution in [0.4, 0.5) is 0 Å². The first-order chi connectivity index (χ1) is 12.0. The van der Waals surface area contributed by atoms with Gasteiger partial charge in [-0.2, -0.15) is 13.5 Å². The van der Waals surface area contributed by atoms with Crippen molar-refractivity contribution in [1.82, 2.24) is 9.78 Å². The Morgan fingerprint density at radius 3 is 2.58 bits per heavy atom. The van der Waals surface area contributed by atoms with E-state index >= 15 is 0 Å². The second-order valence-electron chi connectivity index (χ2n) is 7.25. The fourth-order valence-electron chi connectivity index (χ4n) is 3.35. The van der Waals surface area contributed by atoms with E-state index in [1.54, 1.807) is 26.1 Å². The van der Waals surface area contributed by atoms with Crippen molar-refractivity contribution in [3.63, 3.8) is 0 Å². The van der Waals surface area contributed by atoms with Gasteiger partial charge in [0.25, 0.3) is 10.0 Å². The molecule has 0 aliphatic carbocycles. The number of nitrogens with zero attached hydrogens (tertiary/aromatic N) is 3. The molecule has 0 saturated heterocycles. The van der Waals surface area contributed by atoms with E-state index in [1.165, 1.54) is 10.9 Å². The minimum atomic E-state index is -3.99. The van der Waals surface area contributed by atoms with Crippen LogP contribution in [0.3, 0.4) is 0 Å². The highest BCUT2D eigenvalue weighted by Gasteiger charge is 2.33. The molecule has 26 heavy (non-hydrogen) atoms. The van der Waals surface area contributed by atoms with Gasteiger partial charge in [0.2, 0.25) is 5.96 Å². The zero-order valence-corrected chi connectivity index (χ0v) is 16.5. The van der Waals surface area contributed by atoms with E-state index in [1.807, 2.05) is 20.8 Å². The van der Waals surface area contributed by atoms with Gasteiger partial charge in [0.05, 0.1) is 4.90 Å². The van der Waals surface area contributed by atoms with Crippen molar-refractivity contribution in [2.75, 3.05) is 0 Å². The molecule has 0 amide bonds. The summed E-state index contributed by atoms with van der Waals surface area (Å²) in [4.78, 5) is 0.201. The van der Waals surface area contributed by atoms with Crippen LogP contribution < -0.4 is 10.5 Å². The number of nitrogens with two attached hydrogens (primary N) is 1. The molecule has 0 fully saturated rings. The zero-order chi connectivity index (χ0) is 19.3. The molecule has 0 unspecified atom stereocenters. The molecule has 1 aliphatic heterocycles. The summed E-state index contributed by atoms with van der Waals surface area (Å²) < 4.78 is 37.2. The standard InChI is InChI=1S/C18H24N4O3S/c1-11-12(2)16(13(3)14-7-8-18(4,5)25-15(11)14)26(23,24)21-17(19)22-10-6-9-20-22/h6,9-10H,7-8H2,1-5H3,(H2,19,21). The van der Waals surface area contributed by atoms with E-state index in [2.05, 4.69) is 9.50 Å². The highest BCUT2D eigenvalue weighted by molar-refractivity contribution is 7.90. The first-order valence-electron chi connectivity index (χ1n) is 8.45. The highest BCUT2D eigenvalue weighted by atomic mass is 32.2. The van der Waals surface area contributed by atoms with Crippen LogP contribution in [0.5, 0.6) is 5.75 Å². The quantitative estimate of drug-likeness (QED) is 0.641. The van der Waals surface area contributed by atoms with E-state index in [9.17, 15) is 8.42 Å². The van der Waals surface area contributed by atoms with Gasteiger partial charge in [-0.1, -0.05) is 0 Å². The van der Waals surface area contributed by atoms with Gasteiger partial charge >= 0.3 is 0 Å². The zero-order valence-electron chi connectivity index (χ0n) is 15.7. The molecule has 1 aliphatic rings. The highest BCUT2D eigenvalue weighted by Crippen LogP contribution is 2.42. The second kappa shape index (κ2) is 6.12. The van der Waals surface area contributed by atoms with Gasteiger partial charge in [0.15, 0.2) is 0 Å². The lowest BCUT2D eigenvalue weighted by molar-refractivity contribution is 0.0832. The lowest BCUT2D eigenvalue weighted by atomic mass is 9.88. The molecule has 3 rings (SSSR count). The van der Waals surface area contributed by atoms with Gasteiger partial charge < -0.3 is 10.5 Å². The molecule has 8 heteroatoms. The Hall–Kier alpha value is -2.35. The molecule has 0 bridgehead atoms. The maximum absolute atomic E-state index is 13.0. The predicted molar refractivity (Wildman–Crippen MR) is 100 cm³/mol. The molecule has 7 nitrogen and oxygen atoms in total. The predicted octanol–water partition coefficient (Wildman–Crippen LogP) is 2.46. The number of hydrogen-bond acceptors (Lipinski definition) is 4. The smallest absolute Gasteiger partial charge is 0.286 e. The number of hydrogen-bond donors (Lipinski definition) is 1. The molecule has 0 spiro atoms. The number of rotatable bonds is 2. The minimum absolute atomic E-state index is 0.193. The maximum Gasteiger partial charge on any atom is 0.286 e. The van der Waals surface area contributed by atoms with Crippen molar-refractivity contribution >= 4 is 16.0 Å². The van der Waals surface area contributed by atoms with E-state index in [4.69, 9.17) is 10.5 Å². The van der Waals surface area contributed by atoms with Crippen molar-refractivity contribution < 1.29 is 13.2 Å². The van der Waals surface area contributed by atoms with Crippen molar-refractivity contribution in [2.24, 2.45) is 10.1 Å². The summed E-state index contributed by atoms with van der Waals surface area (Å²) in [6.07, 6.45) is 4.63. The molecule has 0 atom stereocenters. The molecular formula is C18H24N4O3S. The Labute approximate surface area is 153 Å². The summed E-state index contributed by atoms with van der Waals surface area (Å²) in [6.45, 7) is 9.55. The first-order valence-corrected chi connectivity index (χ1v) is 9.89. The summed E-state index contributed by atoms with van der Waals surface area (Å²) >= 11 is 0. The number of ether oxygens (including phenoxy) is 1. The molecule has 1 aromatic heterocycles. The summed E-state index contributed by atoms with van der Waals surface area (Å²) in [7, 11) is -3.99. The fraction of sp³-hybridized carbons (Fsp3) is 0.444. The molecule has 2 heterocycles. The average Bonchev–Trinajstić information content (AvgIpc) is 3.05. The van der Waals surface area contributed by atoms with Gasteiger partial charge in [-0.05, 0) is 75.8 Å². The SMILES string of the molecule is Cc1c(C)c(S(=O)(=O)/N=C(/N)n2cccn2)c(C)c2c1OC(C)(C)CC2. The molecule has 1 aromatic carbocycles. The van der Waals surface area contributed by atoms with Gasteiger partial charge in [0, 0.05) is 12.4 Å². The Morgan fingerprint density at radius 1 is 1.27 bits per heavy atom. The summed E-state index contributed by atoms with van der Waals surface area (Å²) in [5, 5.41) is 3.92. The van der Waals surface area contributed by atoms with Crippen LogP contribution in [0, 0.1) is 20.8 Å². The number of aromatic nitrogens is 2. The lowest BCUT2D eigenvalue weighted by Crippen LogP contribution is -2.34. The maximum atomic E-state index is 13.0. The Balaban J connectivity index is 2.18. The molecule has 2 N–H and O–H groups in total. The first kappa shape index (κ1) is 18.4.